The number of nitrogens with zero attached hydrogens (tertiary/aromatic N) is 1. The SMILES string of the molecule is CNC(=O)C1CCCN(C(=O)c2ccc(NS(=O)(=O)c3ccc(Cl)cc3)cc2)C1. The van der Waals surface area contributed by atoms with Crippen molar-refractivity contribution in [2.75, 3.05) is 24.9 Å². The molecule has 0 saturated carbocycles. The molecule has 0 spiro atoms. The molecule has 9 heteroatoms. The summed E-state index contributed by atoms with van der Waals surface area (Å²) in [6.07, 6.45) is 1.53. The minimum Gasteiger partial charge on any atom is -0.359 e. The molecule has 1 unspecified atom stereocenters. The Morgan fingerprint density at radius 2 is 1.72 bits per heavy atom. The number of piperidine rings is 1. The Morgan fingerprint density at radius 3 is 2.34 bits per heavy atom. The van der Waals surface area contributed by atoms with Gasteiger partial charge in [0.15, 0.2) is 0 Å². The van der Waals surface area contributed by atoms with Crippen molar-refractivity contribution >= 4 is 39.1 Å². The Labute approximate surface area is 175 Å². The Morgan fingerprint density at radius 1 is 1.07 bits per heavy atom. The van der Waals surface area contributed by atoms with Gasteiger partial charge in [0.05, 0.1) is 10.8 Å². The summed E-state index contributed by atoms with van der Waals surface area (Å²) in [5.41, 5.74) is 0.787. The van der Waals surface area contributed by atoms with E-state index in [2.05, 4.69) is 10.0 Å². The van der Waals surface area contributed by atoms with Crippen molar-refractivity contribution in [3.8, 4) is 0 Å². The number of benzene rings is 2. The van der Waals surface area contributed by atoms with E-state index in [0.717, 1.165) is 12.8 Å². The van der Waals surface area contributed by atoms with Crippen LogP contribution in [0.1, 0.15) is 23.2 Å². The zero-order chi connectivity index (χ0) is 21.0. The number of amides is 2. The molecular weight excluding hydrogens is 414 g/mol. The van der Waals surface area contributed by atoms with Crippen LogP contribution in [0.5, 0.6) is 0 Å². The first-order valence-corrected chi connectivity index (χ1v) is 11.1. The zero-order valence-electron chi connectivity index (χ0n) is 15.9. The highest BCUT2D eigenvalue weighted by molar-refractivity contribution is 7.92. The van der Waals surface area contributed by atoms with Crippen LogP contribution in [0.25, 0.3) is 0 Å². The van der Waals surface area contributed by atoms with Crippen molar-refractivity contribution in [3.63, 3.8) is 0 Å². The van der Waals surface area contributed by atoms with Crippen molar-refractivity contribution < 1.29 is 18.0 Å². The van der Waals surface area contributed by atoms with Gasteiger partial charge in [0.1, 0.15) is 0 Å². The predicted molar refractivity (Wildman–Crippen MR) is 111 cm³/mol. The van der Waals surface area contributed by atoms with E-state index in [0.29, 0.717) is 29.4 Å². The number of likely N-dealkylation sites (tertiary alicyclic amines) is 1. The van der Waals surface area contributed by atoms with E-state index in [1.165, 1.54) is 24.3 Å². The number of carbonyl (C=O) groups excluding carboxylic acids is 2. The topological polar surface area (TPSA) is 95.6 Å². The normalized spacial score (nSPS) is 16.9. The predicted octanol–water partition coefficient (Wildman–Crippen LogP) is 2.74. The number of carbonyl (C=O) groups is 2. The van der Waals surface area contributed by atoms with Crippen molar-refractivity contribution in [1.29, 1.82) is 0 Å². The molecular formula is C20H22ClN3O4S. The van der Waals surface area contributed by atoms with Crippen LogP contribution in [0.3, 0.4) is 0 Å². The lowest BCUT2D eigenvalue weighted by atomic mass is 9.96. The molecule has 0 aliphatic carbocycles. The third kappa shape index (κ3) is 5.07. The maximum absolute atomic E-state index is 12.7. The van der Waals surface area contributed by atoms with Crippen LogP contribution in [0, 0.1) is 5.92 Å². The molecule has 1 saturated heterocycles. The van der Waals surface area contributed by atoms with Gasteiger partial charge in [0, 0.05) is 36.4 Å². The third-order valence-electron chi connectivity index (χ3n) is 4.83. The summed E-state index contributed by atoms with van der Waals surface area (Å²) in [5.74, 6) is -0.441. The van der Waals surface area contributed by atoms with E-state index in [9.17, 15) is 18.0 Å². The zero-order valence-corrected chi connectivity index (χ0v) is 17.5. The molecule has 29 heavy (non-hydrogen) atoms. The van der Waals surface area contributed by atoms with Crippen LogP contribution in [0.4, 0.5) is 5.69 Å². The Kier molecular flexibility index (Phi) is 6.44. The molecule has 1 heterocycles. The number of nitrogens with one attached hydrogen (secondary N) is 2. The number of anilines is 1. The van der Waals surface area contributed by atoms with Gasteiger partial charge in [-0.1, -0.05) is 11.6 Å². The highest BCUT2D eigenvalue weighted by atomic mass is 35.5. The molecule has 2 aromatic rings. The second-order valence-corrected chi connectivity index (χ2v) is 8.96. The van der Waals surface area contributed by atoms with Gasteiger partial charge < -0.3 is 10.2 Å². The van der Waals surface area contributed by atoms with Crippen LogP contribution < -0.4 is 10.0 Å². The van der Waals surface area contributed by atoms with Gasteiger partial charge in [0.25, 0.3) is 15.9 Å². The molecule has 1 aliphatic rings. The van der Waals surface area contributed by atoms with Crippen LogP contribution >= 0.6 is 11.6 Å². The Hall–Kier alpha value is -2.58. The molecule has 0 aromatic heterocycles. The average Bonchev–Trinajstić information content (AvgIpc) is 2.73. The third-order valence-corrected chi connectivity index (χ3v) is 6.48. The highest BCUT2D eigenvalue weighted by Crippen LogP contribution is 2.21. The van der Waals surface area contributed by atoms with Crippen LogP contribution in [-0.2, 0) is 14.8 Å². The van der Waals surface area contributed by atoms with Crippen molar-refractivity contribution in [3.05, 3.63) is 59.1 Å². The van der Waals surface area contributed by atoms with Crippen LogP contribution in [-0.4, -0.2) is 45.3 Å². The fourth-order valence-corrected chi connectivity index (χ4v) is 4.46. The van der Waals surface area contributed by atoms with Gasteiger partial charge >= 0.3 is 0 Å². The van der Waals surface area contributed by atoms with Crippen molar-refractivity contribution in [2.24, 2.45) is 5.92 Å². The van der Waals surface area contributed by atoms with Crippen LogP contribution in [0.15, 0.2) is 53.4 Å². The maximum Gasteiger partial charge on any atom is 0.261 e. The molecule has 1 atom stereocenters. The van der Waals surface area contributed by atoms with E-state index in [1.807, 2.05) is 0 Å². The van der Waals surface area contributed by atoms with Crippen LogP contribution in [0.2, 0.25) is 5.02 Å². The minimum atomic E-state index is -3.75. The second kappa shape index (κ2) is 8.84. The number of halogens is 1. The summed E-state index contributed by atoms with van der Waals surface area (Å²) in [6.45, 7) is 0.973. The molecule has 154 valence electrons. The minimum absolute atomic E-state index is 0.0607. The van der Waals surface area contributed by atoms with Gasteiger partial charge in [-0.15, -0.1) is 0 Å². The standard InChI is InChI=1S/C20H22ClN3O4S/c1-22-19(25)15-3-2-12-24(13-15)20(26)14-4-8-17(9-5-14)23-29(27,28)18-10-6-16(21)7-11-18/h4-11,15,23H,2-3,12-13H2,1H3,(H,22,25). The summed E-state index contributed by atoms with van der Waals surface area (Å²) in [7, 11) is -2.16. The maximum atomic E-state index is 12.7. The molecule has 1 fully saturated rings. The van der Waals surface area contributed by atoms with Gasteiger partial charge in [-0.3, -0.25) is 14.3 Å². The highest BCUT2D eigenvalue weighted by Gasteiger charge is 2.28. The molecule has 2 amide bonds. The molecule has 2 aromatic carbocycles. The first-order valence-electron chi connectivity index (χ1n) is 9.19. The smallest absolute Gasteiger partial charge is 0.261 e. The molecule has 3 rings (SSSR count). The van der Waals surface area contributed by atoms with E-state index in [4.69, 9.17) is 11.6 Å². The monoisotopic (exact) mass is 435 g/mol. The summed E-state index contributed by atoms with van der Waals surface area (Å²) in [5, 5.41) is 3.08. The number of hydrogen-bond donors (Lipinski definition) is 2. The van der Waals surface area contributed by atoms with Gasteiger partial charge in [0.2, 0.25) is 5.91 Å². The van der Waals surface area contributed by atoms with E-state index < -0.39 is 10.0 Å². The average molecular weight is 436 g/mol. The van der Waals surface area contributed by atoms with E-state index in [1.54, 1.807) is 36.2 Å². The Bertz CT molecular complexity index is 991. The number of hydrogen-bond acceptors (Lipinski definition) is 4. The number of rotatable bonds is 5. The van der Waals surface area contributed by atoms with Gasteiger partial charge in [-0.25, -0.2) is 8.42 Å². The number of sulfonamides is 1. The van der Waals surface area contributed by atoms with E-state index >= 15 is 0 Å². The van der Waals surface area contributed by atoms with Crippen molar-refractivity contribution in [2.45, 2.75) is 17.7 Å². The molecule has 1 aliphatic heterocycles. The largest absolute Gasteiger partial charge is 0.359 e. The Balaban J connectivity index is 1.69. The fraction of sp³-hybridized carbons (Fsp3) is 0.300. The summed E-state index contributed by atoms with van der Waals surface area (Å²) < 4.78 is 27.4. The van der Waals surface area contributed by atoms with E-state index in [-0.39, 0.29) is 22.6 Å². The molecule has 0 radical (unpaired) electrons. The molecule has 0 bridgehead atoms. The quantitative estimate of drug-likeness (QED) is 0.754. The summed E-state index contributed by atoms with van der Waals surface area (Å²) in [6, 6.07) is 12.1. The lowest BCUT2D eigenvalue weighted by molar-refractivity contribution is -0.125. The lowest BCUT2D eigenvalue weighted by Crippen LogP contribution is -2.44. The lowest BCUT2D eigenvalue weighted by Gasteiger charge is -2.31. The first kappa shape index (κ1) is 21.1. The summed E-state index contributed by atoms with van der Waals surface area (Å²) in [4.78, 5) is 26.4. The van der Waals surface area contributed by atoms with Crippen molar-refractivity contribution in [1.82, 2.24) is 10.2 Å². The molecule has 2 N–H and O–H groups in total. The summed E-state index contributed by atoms with van der Waals surface area (Å²) >= 11 is 5.79. The second-order valence-electron chi connectivity index (χ2n) is 6.84. The van der Waals surface area contributed by atoms with Gasteiger partial charge in [-0.2, -0.15) is 0 Å². The molecule has 7 nitrogen and oxygen atoms in total. The first-order chi connectivity index (χ1) is 13.8. The van der Waals surface area contributed by atoms with Gasteiger partial charge in [-0.05, 0) is 61.4 Å². The fourth-order valence-electron chi connectivity index (χ4n) is 3.27.